The van der Waals surface area contributed by atoms with E-state index in [1.807, 2.05) is 0 Å². The maximum atomic E-state index is 11.5. The van der Waals surface area contributed by atoms with Gasteiger partial charge in [0.05, 0.1) is 6.61 Å². The Labute approximate surface area is 95.9 Å². The molecule has 1 aromatic heterocycles. The van der Waals surface area contributed by atoms with E-state index in [1.165, 1.54) is 12.3 Å². The maximum Gasteiger partial charge on any atom is 0.351 e. The van der Waals surface area contributed by atoms with Gasteiger partial charge < -0.3 is 25.8 Å². The first-order chi connectivity index (χ1) is 8.04. The second-order valence-corrected chi connectivity index (χ2v) is 3.77. The van der Waals surface area contributed by atoms with Gasteiger partial charge in [-0.15, -0.1) is 0 Å². The van der Waals surface area contributed by atoms with E-state index in [0.29, 0.717) is 0 Å². The molecule has 8 heteroatoms. The number of aliphatic hydroxyl groups is 3. The highest BCUT2D eigenvalue weighted by atomic mass is 16.6. The van der Waals surface area contributed by atoms with Gasteiger partial charge in [0.25, 0.3) is 0 Å². The zero-order chi connectivity index (χ0) is 12.6. The van der Waals surface area contributed by atoms with Crippen LogP contribution in [0.2, 0.25) is 0 Å². The molecule has 8 nitrogen and oxygen atoms in total. The number of aromatic nitrogens is 2. The Morgan fingerprint density at radius 1 is 1.47 bits per heavy atom. The molecule has 2 unspecified atom stereocenters. The van der Waals surface area contributed by atoms with E-state index in [2.05, 4.69) is 4.98 Å². The lowest BCUT2D eigenvalue weighted by Crippen LogP contribution is -2.36. The lowest BCUT2D eigenvalue weighted by molar-refractivity contribution is -0.0549. The average Bonchev–Trinajstić information content (AvgIpc) is 2.57. The first kappa shape index (κ1) is 12.0. The fourth-order valence-corrected chi connectivity index (χ4v) is 1.73. The lowest BCUT2D eigenvalue weighted by Gasteiger charge is -2.16. The minimum absolute atomic E-state index is 0.0537. The normalized spacial score (nSPS) is 32.9. The van der Waals surface area contributed by atoms with Gasteiger partial charge in [0.15, 0.2) is 6.23 Å². The third kappa shape index (κ3) is 2.03. The molecular weight excluding hydrogens is 230 g/mol. The van der Waals surface area contributed by atoms with Crippen LogP contribution < -0.4 is 11.4 Å². The van der Waals surface area contributed by atoms with Crippen LogP contribution in [0.1, 0.15) is 6.23 Å². The summed E-state index contributed by atoms with van der Waals surface area (Å²) in [6, 6.07) is 1.37. The topological polar surface area (TPSA) is 131 Å². The molecule has 0 radical (unpaired) electrons. The first-order valence-electron chi connectivity index (χ1n) is 5.01. The second kappa shape index (κ2) is 4.41. The van der Waals surface area contributed by atoms with Crippen molar-refractivity contribution in [3.05, 3.63) is 22.7 Å². The van der Waals surface area contributed by atoms with E-state index < -0.39 is 36.8 Å². The molecule has 0 bridgehead atoms. The summed E-state index contributed by atoms with van der Waals surface area (Å²) < 4.78 is 6.19. The van der Waals surface area contributed by atoms with E-state index in [0.717, 1.165) is 4.57 Å². The Balaban J connectivity index is 2.32. The molecule has 1 fully saturated rings. The van der Waals surface area contributed by atoms with Gasteiger partial charge in [0.2, 0.25) is 0 Å². The van der Waals surface area contributed by atoms with Gasteiger partial charge in [-0.25, -0.2) is 4.79 Å². The van der Waals surface area contributed by atoms with E-state index in [1.54, 1.807) is 0 Å². The average molecular weight is 243 g/mol. The second-order valence-electron chi connectivity index (χ2n) is 3.77. The number of aliphatic hydroxyl groups excluding tert-OH is 3. The minimum Gasteiger partial charge on any atom is -0.394 e. The zero-order valence-electron chi connectivity index (χ0n) is 8.80. The van der Waals surface area contributed by atoms with Crippen LogP contribution in [0.4, 0.5) is 5.82 Å². The molecule has 0 aliphatic carbocycles. The van der Waals surface area contributed by atoms with E-state index in [4.69, 9.17) is 15.6 Å². The molecule has 0 spiro atoms. The van der Waals surface area contributed by atoms with E-state index >= 15 is 0 Å². The largest absolute Gasteiger partial charge is 0.394 e. The number of nitrogen functional groups attached to an aromatic ring is 1. The van der Waals surface area contributed by atoms with Crippen LogP contribution in [0.15, 0.2) is 17.1 Å². The van der Waals surface area contributed by atoms with Gasteiger partial charge in [-0.3, -0.25) is 4.57 Å². The van der Waals surface area contributed by atoms with Crippen molar-refractivity contribution >= 4 is 5.82 Å². The van der Waals surface area contributed by atoms with Crippen molar-refractivity contribution < 1.29 is 20.1 Å². The Morgan fingerprint density at radius 2 is 2.18 bits per heavy atom. The fraction of sp³-hybridized carbons (Fsp3) is 0.556. The summed E-state index contributed by atoms with van der Waals surface area (Å²) in [6.45, 7) is -0.453. The quantitative estimate of drug-likeness (QED) is 0.449. The standard InChI is InChI=1S/C9H13N3O5/c10-5-1-2-12(9(16)11-5)8-7(15)6(14)4(3-13)17-8/h1-2,4,6-8,13-15H,3H2,(H2,10,11,16)/t4-,6?,7-,8?/m1/s1. The summed E-state index contributed by atoms with van der Waals surface area (Å²) in [4.78, 5) is 15.0. The molecule has 2 heterocycles. The van der Waals surface area contributed by atoms with Gasteiger partial charge in [-0.05, 0) is 6.07 Å². The molecule has 1 aliphatic rings. The summed E-state index contributed by atoms with van der Waals surface area (Å²) in [6.07, 6.45) is -3.27. The maximum absolute atomic E-state index is 11.5. The summed E-state index contributed by atoms with van der Waals surface area (Å²) in [5, 5.41) is 28.2. The summed E-state index contributed by atoms with van der Waals surface area (Å²) in [5.41, 5.74) is 4.63. The van der Waals surface area contributed by atoms with Crippen LogP contribution in [-0.2, 0) is 4.74 Å². The van der Waals surface area contributed by atoms with Gasteiger partial charge in [-0.1, -0.05) is 0 Å². The zero-order valence-corrected chi connectivity index (χ0v) is 8.80. The number of hydrogen-bond acceptors (Lipinski definition) is 7. The number of rotatable bonds is 2. The molecule has 2 rings (SSSR count). The number of hydrogen-bond donors (Lipinski definition) is 4. The SMILES string of the molecule is Nc1ccn(C2O[C@H](CO)C(O)[C@H]2O)c(=O)n1. The molecule has 1 aliphatic heterocycles. The highest BCUT2D eigenvalue weighted by molar-refractivity contribution is 5.23. The van der Waals surface area contributed by atoms with Crippen LogP contribution in [0.25, 0.3) is 0 Å². The molecular formula is C9H13N3O5. The molecule has 17 heavy (non-hydrogen) atoms. The molecule has 0 amide bonds. The van der Waals surface area contributed by atoms with Crippen LogP contribution in [0.5, 0.6) is 0 Å². The van der Waals surface area contributed by atoms with Gasteiger partial charge in [0.1, 0.15) is 24.1 Å². The summed E-state index contributed by atoms with van der Waals surface area (Å²) in [7, 11) is 0. The van der Waals surface area contributed by atoms with Crippen LogP contribution in [0.3, 0.4) is 0 Å². The molecule has 5 N–H and O–H groups in total. The predicted octanol–water partition coefficient (Wildman–Crippen LogP) is -2.56. The molecule has 0 saturated carbocycles. The third-order valence-electron chi connectivity index (χ3n) is 2.64. The Hall–Kier alpha value is -1.48. The number of anilines is 1. The van der Waals surface area contributed by atoms with Gasteiger partial charge in [-0.2, -0.15) is 4.98 Å². The Morgan fingerprint density at radius 3 is 2.71 bits per heavy atom. The third-order valence-corrected chi connectivity index (χ3v) is 2.64. The van der Waals surface area contributed by atoms with E-state index in [9.17, 15) is 15.0 Å². The van der Waals surface area contributed by atoms with Crippen molar-refractivity contribution in [1.82, 2.24) is 9.55 Å². The van der Waals surface area contributed by atoms with Crippen molar-refractivity contribution in [2.75, 3.05) is 12.3 Å². The lowest BCUT2D eigenvalue weighted by atomic mass is 10.1. The predicted molar refractivity (Wildman–Crippen MR) is 55.9 cm³/mol. The minimum atomic E-state index is -1.31. The monoisotopic (exact) mass is 243 g/mol. The fourth-order valence-electron chi connectivity index (χ4n) is 1.73. The van der Waals surface area contributed by atoms with Gasteiger partial charge >= 0.3 is 5.69 Å². The molecule has 94 valence electrons. The highest BCUT2D eigenvalue weighted by Crippen LogP contribution is 2.27. The van der Waals surface area contributed by atoms with Crippen LogP contribution >= 0.6 is 0 Å². The molecule has 1 saturated heterocycles. The summed E-state index contributed by atoms with van der Waals surface area (Å²) >= 11 is 0. The van der Waals surface area contributed by atoms with Crippen molar-refractivity contribution in [2.24, 2.45) is 0 Å². The smallest absolute Gasteiger partial charge is 0.351 e. The molecule has 4 atom stereocenters. The van der Waals surface area contributed by atoms with Crippen molar-refractivity contribution in [1.29, 1.82) is 0 Å². The first-order valence-corrected chi connectivity index (χ1v) is 5.01. The van der Waals surface area contributed by atoms with Crippen molar-refractivity contribution in [2.45, 2.75) is 24.5 Å². The number of ether oxygens (including phenoxy) is 1. The Bertz CT molecular complexity index is 462. The Kier molecular flexibility index (Phi) is 3.11. The molecule has 1 aromatic rings. The van der Waals surface area contributed by atoms with Gasteiger partial charge in [0, 0.05) is 6.20 Å². The van der Waals surface area contributed by atoms with Crippen molar-refractivity contribution in [3.8, 4) is 0 Å². The van der Waals surface area contributed by atoms with Crippen LogP contribution in [-0.4, -0.2) is 49.8 Å². The van der Waals surface area contributed by atoms with E-state index in [-0.39, 0.29) is 5.82 Å². The molecule has 0 aromatic carbocycles. The number of nitrogens with zero attached hydrogens (tertiary/aromatic N) is 2. The van der Waals surface area contributed by atoms with Crippen LogP contribution in [0, 0.1) is 0 Å². The number of nitrogens with two attached hydrogens (primary N) is 1. The summed E-state index contributed by atoms with van der Waals surface area (Å²) in [5.74, 6) is 0.0537. The van der Waals surface area contributed by atoms with Crippen molar-refractivity contribution in [3.63, 3.8) is 0 Å². The highest BCUT2D eigenvalue weighted by Gasteiger charge is 2.43.